The summed E-state index contributed by atoms with van der Waals surface area (Å²) in [6.45, 7) is -1.77. The molecule has 0 saturated heterocycles. The van der Waals surface area contributed by atoms with Gasteiger partial charge in [-0.05, 0) is 0 Å². The van der Waals surface area contributed by atoms with Gasteiger partial charge in [0.2, 0.25) is 0 Å². The largest absolute Gasteiger partial charge is 0.394 e. The monoisotopic (exact) mass is 166 g/mol. The van der Waals surface area contributed by atoms with Crippen molar-refractivity contribution in [2.24, 2.45) is 0 Å². The van der Waals surface area contributed by atoms with Crippen LogP contribution in [-0.2, 0) is 0 Å². The molecule has 0 aliphatic heterocycles. The van der Waals surface area contributed by atoms with Crippen LogP contribution >= 0.6 is 0 Å². The molecule has 5 N–H and O–H groups in total. The average molecular weight is 166 g/mol. The van der Waals surface area contributed by atoms with E-state index in [1.54, 1.807) is 0 Å². The molecule has 11 heavy (non-hydrogen) atoms. The highest BCUT2D eigenvalue weighted by Gasteiger charge is 2.27. The van der Waals surface area contributed by atoms with Gasteiger partial charge in [-0.3, -0.25) is 0 Å². The fraction of sp³-hybridized carbons (Fsp3) is 1.00. The summed E-state index contributed by atoms with van der Waals surface area (Å²) in [7, 11) is 0. The lowest BCUT2D eigenvalue weighted by molar-refractivity contribution is -0.0883. The maximum atomic E-state index is 9.16. The van der Waals surface area contributed by atoms with Crippen LogP contribution in [0.2, 0.25) is 0 Å². The molecule has 0 aliphatic carbocycles. The standard InChI is InChI=1S/C6H14O5/c7-2-5(10)1-6(11,3-8)4-9/h5,7-11H,1-4H2. The number of hydrogen-bond donors (Lipinski definition) is 5. The minimum absolute atomic E-state index is 0.240. The lowest BCUT2D eigenvalue weighted by Gasteiger charge is -2.24. The SMILES string of the molecule is OCC(O)CC(O)(CO)CO. The second kappa shape index (κ2) is 4.63. The van der Waals surface area contributed by atoms with Gasteiger partial charge >= 0.3 is 0 Å². The van der Waals surface area contributed by atoms with E-state index in [0.29, 0.717) is 0 Å². The van der Waals surface area contributed by atoms with Crippen molar-refractivity contribution in [2.45, 2.75) is 18.1 Å². The molecule has 0 amide bonds. The summed E-state index contributed by atoms with van der Waals surface area (Å²) < 4.78 is 0. The van der Waals surface area contributed by atoms with E-state index in [4.69, 9.17) is 25.5 Å². The summed E-state index contributed by atoms with van der Waals surface area (Å²) in [5.74, 6) is 0. The average Bonchev–Trinajstić information content (AvgIpc) is 2.04. The van der Waals surface area contributed by atoms with Gasteiger partial charge in [-0.1, -0.05) is 0 Å². The van der Waals surface area contributed by atoms with E-state index in [1.165, 1.54) is 0 Å². The molecule has 5 nitrogen and oxygen atoms in total. The third-order valence-electron chi connectivity index (χ3n) is 1.41. The second-order valence-corrected chi connectivity index (χ2v) is 2.58. The normalized spacial score (nSPS) is 15.0. The Labute approximate surface area is 64.5 Å². The third kappa shape index (κ3) is 3.64. The van der Waals surface area contributed by atoms with Gasteiger partial charge in [0.15, 0.2) is 0 Å². The molecule has 1 unspecified atom stereocenters. The maximum Gasteiger partial charge on any atom is 0.113 e. The second-order valence-electron chi connectivity index (χ2n) is 2.58. The first kappa shape index (κ1) is 10.8. The van der Waals surface area contributed by atoms with E-state index in [9.17, 15) is 0 Å². The zero-order valence-electron chi connectivity index (χ0n) is 6.14. The first-order valence-electron chi connectivity index (χ1n) is 3.31. The van der Waals surface area contributed by atoms with Crippen molar-refractivity contribution in [3.63, 3.8) is 0 Å². The molecule has 0 bridgehead atoms. The molecule has 0 spiro atoms. The van der Waals surface area contributed by atoms with Gasteiger partial charge in [0.1, 0.15) is 5.60 Å². The minimum atomic E-state index is -1.69. The number of rotatable bonds is 5. The number of hydrogen-bond acceptors (Lipinski definition) is 5. The highest BCUT2D eigenvalue weighted by Crippen LogP contribution is 2.10. The van der Waals surface area contributed by atoms with Gasteiger partial charge in [-0.2, -0.15) is 0 Å². The molecule has 0 rings (SSSR count). The lowest BCUT2D eigenvalue weighted by atomic mass is 9.99. The summed E-state index contributed by atoms with van der Waals surface area (Å²) in [6.07, 6.45) is -1.35. The van der Waals surface area contributed by atoms with Gasteiger partial charge in [0.05, 0.1) is 25.9 Å². The Kier molecular flexibility index (Phi) is 4.55. The van der Waals surface area contributed by atoms with Gasteiger partial charge in [0, 0.05) is 6.42 Å². The fourth-order valence-electron chi connectivity index (χ4n) is 0.682. The molecule has 68 valence electrons. The van der Waals surface area contributed by atoms with Gasteiger partial charge in [-0.25, -0.2) is 0 Å². The van der Waals surface area contributed by atoms with Crippen LogP contribution in [0.3, 0.4) is 0 Å². The van der Waals surface area contributed by atoms with Gasteiger partial charge in [-0.15, -0.1) is 0 Å². The third-order valence-corrected chi connectivity index (χ3v) is 1.41. The Morgan fingerprint density at radius 1 is 1.09 bits per heavy atom. The van der Waals surface area contributed by atoms with Crippen molar-refractivity contribution in [2.75, 3.05) is 19.8 Å². The maximum absolute atomic E-state index is 9.16. The zero-order chi connectivity index (χ0) is 8.91. The molecular weight excluding hydrogens is 152 g/mol. The molecule has 0 aromatic rings. The van der Waals surface area contributed by atoms with Crippen LogP contribution < -0.4 is 0 Å². The van der Waals surface area contributed by atoms with Crippen molar-refractivity contribution >= 4 is 0 Å². The van der Waals surface area contributed by atoms with Crippen LogP contribution in [0.4, 0.5) is 0 Å². The van der Waals surface area contributed by atoms with Crippen molar-refractivity contribution < 1.29 is 25.5 Å². The Bertz CT molecular complexity index is 101. The summed E-state index contributed by atoms with van der Waals surface area (Å²) in [4.78, 5) is 0. The van der Waals surface area contributed by atoms with Crippen LogP contribution in [0, 0.1) is 0 Å². The molecular formula is C6H14O5. The first-order chi connectivity index (χ1) is 5.08. The van der Waals surface area contributed by atoms with E-state index in [2.05, 4.69) is 0 Å². The van der Waals surface area contributed by atoms with E-state index < -0.39 is 31.5 Å². The molecule has 0 fully saturated rings. The summed E-state index contributed by atoms with van der Waals surface area (Å²) >= 11 is 0. The molecule has 0 radical (unpaired) electrons. The molecule has 5 heteroatoms. The van der Waals surface area contributed by atoms with E-state index in [0.717, 1.165) is 0 Å². The van der Waals surface area contributed by atoms with Crippen molar-refractivity contribution in [1.29, 1.82) is 0 Å². The highest BCUT2D eigenvalue weighted by atomic mass is 16.4. The quantitative estimate of drug-likeness (QED) is 0.309. The predicted molar refractivity (Wildman–Crippen MR) is 36.8 cm³/mol. The molecule has 0 aromatic heterocycles. The van der Waals surface area contributed by atoms with E-state index in [1.807, 2.05) is 0 Å². The van der Waals surface area contributed by atoms with Crippen LogP contribution in [0.15, 0.2) is 0 Å². The molecule has 0 aliphatic rings. The lowest BCUT2D eigenvalue weighted by Crippen LogP contribution is -2.41. The topological polar surface area (TPSA) is 101 Å². The summed E-state index contributed by atoms with van der Waals surface area (Å²) in [5, 5.41) is 43.4. The Balaban J connectivity index is 3.86. The summed E-state index contributed by atoms with van der Waals surface area (Å²) in [5.41, 5.74) is -1.69. The zero-order valence-corrected chi connectivity index (χ0v) is 6.14. The van der Waals surface area contributed by atoms with Crippen LogP contribution in [0.5, 0.6) is 0 Å². The van der Waals surface area contributed by atoms with Crippen LogP contribution in [-0.4, -0.2) is 57.1 Å². The highest BCUT2D eigenvalue weighted by molar-refractivity contribution is 4.79. The first-order valence-corrected chi connectivity index (χ1v) is 3.31. The van der Waals surface area contributed by atoms with Crippen molar-refractivity contribution in [3.8, 4) is 0 Å². The van der Waals surface area contributed by atoms with Crippen molar-refractivity contribution in [1.82, 2.24) is 0 Å². The minimum Gasteiger partial charge on any atom is -0.394 e. The fourth-order valence-corrected chi connectivity index (χ4v) is 0.682. The molecule has 0 aromatic carbocycles. The van der Waals surface area contributed by atoms with Crippen molar-refractivity contribution in [3.05, 3.63) is 0 Å². The van der Waals surface area contributed by atoms with Gasteiger partial charge in [0.25, 0.3) is 0 Å². The summed E-state index contributed by atoms with van der Waals surface area (Å²) in [6, 6.07) is 0. The van der Waals surface area contributed by atoms with E-state index >= 15 is 0 Å². The molecule has 1 atom stereocenters. The molecule has 0 heterocycles. The molecule has 0 saturated carbocycles. The smallest absolute Gasteiger partial charge is 0.113 e. The Morgan fingerprint density at radius 2 is 1.55 bits per heavy atom. The predicted octanol–water partition coefficient (Wildman–Crippen LogP) is -2.55. The van der Waals surface area contributed by atoms with Crippen LogP contribution in [0.1, 0.15) is 6.42 Å². The Morgan fingerprint density at radius 3 is 1.82 bits per heavy atom. The van der Waals surface area contributed by atoms with Gasteiger partial charge < -0.3 is 25.5 Å². The Hall–Kier alpha value is -0.200. The van der Waals surface area contributed by atoms with Crippen LogP contribution in [0.25, 0.3) is 0 Å². The van der Waals surface area contributed by atoms with E-state index in [-0.39, 0.29) is 6.42 Å². The number of aliphatic hydroxyl groups excluding tert-OH is 4. The number of aliphatic hydroxyl groups is 5.